The van der Waals surface area contributed by atoms with Gasteiger partial charge in [0.2, 0.25) is 5.91 Å². The fourth-order valence-corrected chi connectivity index (χ4v) is 1.82. The molecule has 0 radical (unpaired) electrons. The van der Waals surface area contributed by atoms with Crippen molar-refractivity contribution in [2.45, 2.75) is 32.8 Å². The van der Waals surface area contributed by atoms with Crippen LogP contribution in [0.1, 0.15) is 26.7 Å². The number of hydrogen-bond donors (Lipinski definition) is 2. The SMILES string of the molecule is COC1CCN(C(=O)NC(=O)CC(C)(C)C(=O)O)C1. The summed E-state index contributed by atoms with van der Waals surface area (Å²) in [5.41, 5.74) is -1.19. The predicted octanol–water partition coefficient (Wildman–Crippen LogP) is 0.444. The van der Waals surface area contributed by atoms with Gasteiger partial charge < -0.3 is 14.7 Å². The molecule has 0 spiro atoms. The predicted molar refractivity (Wildman–Crippen MR) is 66.6 cm³/mol. The molecule has 1 aliphatic rings. The Balaban J connectivity index is 2.45. The van der Waals surface area contributed by atoms with Crippen LogP contribution in [-0.2, 0) is 14.3 Å². The van der Waals surface area contributed by atoms with Crippen molar-refractivity contribution in [1.82, 2.24) is 10.2 Å². The van der Waals surface area contributed by atoms with Crippen LogP contribution in [0, 0.1) is 5.41 Å². The zero-order chi connectivity index (χ0) is 14.6. The number of carbonyl (C=O) groups excluding carboxylic acids is 2. The van der Waals surface area contributed by atoms with Gasteiger partial charge in [-0.15, -0.1) is 0 Å². The Hall–Kier alpha value is -1.63. The summed E-state index contributed by atoms with van der Waals surface area (Å²) in [5, 5.41) is 11.1. The molecular weight excluding hydrogens is 252 g/mol. The molecule has 7 nitrogen and oxygen atoms in total. The summed E-state index contributed by atoms with van der Waals surface area (Å²) in [6, 6.07) is -0.495. The van der Waals surface area contributed by atoms with Crippen LogP contribution in [0.25, 0.3) is 0 Å². The molecule has 1 saturated heterocycles. The van der Waals surface area contributed by atoms with Crippen molar-refractivity contribution >= 4 is 17.9 Å². The lowest BCUT2D eigenvalue weighted by atomic mass is 9.89. The normalized spacial score (nSPS) is 19.3. The van der Waals surface area contributed by atoms with Crippen molar-refractivity contribution in [3.8, 4) is 0 Å². The average Bonchev–Trinajstić information content (AvgIpc) is 2.76. The maximum Gasteiger partial charge on any atom is 0.324 e. The van der Waals surface area contributed by atoms with Crippen LogP contribution < -0.4 is 5.32 Å². The molecule has 19 heavy (non-hydrogen) atoms. The first-order valence-corrected chi connectivity index (χ1v) is 6.11. The van der Waals surface area contributed by atoms with Gasteiger partial charge in [0.05, 0.1) is 11.5 Å². The molecule has 1 atom stereocenters. The molecule has 0 aromatic heterocycles. The number of imide groups is 1. The Morgan fingerprint density at radius 3 is 2.53 bits per heavy atom. The van der Waals surface area contributed by atoms with Crippen LogP contribution in [0.5, 0.6) is 0 Å². The fraction of sp³-hybridized carbons (Fsp3) is 0.750. The topological polar surface area (TPSA) is 95.9 Å². The van der Waals surface area contributed by atoms with Crippen LogP contribution in [0.15, 0.2) is 0 Å². The molecule has 1 fully saturated rings. The van der Waals surface area contributed by atoms with Gasteiger partial charge in [-0.3, -0.25) is 14.9 Å². The quantitative estimate of drug-likeness (QED) is 0.774. The number of carboxylic acids is 1. The van der Waals surface area contributed by atoms with E-state index in [0.29, 0.717) is 13.1 Å². The number of urea groups is 1. The number of likely N-dealkylation sites (tertiary alicyclic amines) is 1. The second-order valence-electron chi connectivity index (χ2n) is 5.31. The first kappa shape index (κ1) is 15.4. The maximum atomic E-state index is 11.8. The van der Waals surface area contributed by atoms with Crippen LogP contribution in [0.3, 0.4) is 0 Å². The number of carboxylic acid groups (broad SMARTS) is 1. The Kier molecular flexibility index (Phi) is 4.88. The molecule has 2 N–H and O–H groups in total. The van der Waals surface area contributed by atoms with E-state index in [4.69, 9.17) is 9.84 Å². The number of carbonyl (C=O) groups is 3. The van der Waals surface area contributed by atoms with Gasteiger partial charge >= 0.3 is 12.0 Å². The number of aliphatic carboxylic acids is 1. The van der Waals surface area contributed by atoms with Crippen molar-refractivity contribution < 1.29 is 24.2 Å². The van der Waals surface area contributed by atoms with Crippen LogP contribution in [0.2, 0.25) is 0 Å². The van der Waals surface area contributed by atoms with Crippen molar-refractivity contribution in [2.75, 3.05) is 20.2 Å². The number of methoxy groups -OCH3 is 1. The number of hydrogen-bond acceptors (Lipinski definition) is 4. The molecule has 1 rings (SSSR count). The van der Waals surface area contributed by atoms with E-state index in [-0.39, 0.29) is 12.5 Å². The van der Waals surface area contributed by atoms with E-state index in [2.05, 4.69) is 5.32 Å². The second-order valence-corrected chi connectivity index (χ2v) is 5.31. The van der Waals surface area contributed by atoms with Gasteiger partial charge in [-0.05, 0) is 20.3 Å². The van der Waals surface area contributed by atoms with E-state index in [1.807, 2.05) is 0 Å². The Morgan fingerprint density at radius 1 is 1.42 bits per heavy atom. The highest BCUT2D eigenvalue weighted by atomic mass is 16.5. The summed E-state index contributed by atoms with van der Waals surface area (Å²) in [7, 11) is 1.58. The third kappa shape index (κ3) is 4.20. The molecule has 1 aliphatic heterocycles. The molecule has 0 aromatic carbocycles. The summed E-state index contributed by atoms with van der Waals surface area (Å²) in [5.74, 6) is -1.66. The molecule has 1 heterocycles. The number of amides is 3. The molecule has 0 aromatic rings. The summed E-state index contributed by atoms with van der Waals surface area (Å²) in [6.07, 6.45) is 0.491. The smallest absolute Gasteiger partial charge is 0.324 e. The van der Waals surface area contributed by atoms with Crippen LogP contribution in [0.4, 0.5) is 4.79 Å². The highest BCUT2D eigenvalue weighted by molar-refractivity contribution is 5.96. The van der Waals surface area contributed by atoms with E-state index in [1.54, 1.807) is 7.11 Å². The van der Waals surface area contributed by atoms with Gasteiger partial charge in [-0.2, -0.15) is 0 Å². The van der Waals surface area contributed by atoms with Crippen LogP contribution in [-0.4, -0.2) is 54.2 Å². The Morgan fingerprint density at radius 2 is 2.05 bits per heavy atom. The minimum Gasteiger partial charge on any atom is -0.481 e. The molecule has 7 heteroatoms. The average molecular weight is 272 g/mol. The standard InChI is InChI=1S/C12H20N2O5/c1-12(2,10(16)17)6-9(15)13-11(18)14-5-4-8(7-14)19-3/h8H,4-7H2,1-3H3,(H,16,17)(H,13,15,18). The van der Waals surface area contributed by atoms with Crippen molar-refractivity contribution in [1.29, 1.82) is 0 Å². The minimum atomic E-state index is -1.19. The molecule has 108 valence electrons. The van der Waals surface area contributed by atoms with Gasteiger partial charge in [0.25, 0.3) is 0 Å². The second kappa shape index (κ2) is 6.01. The summed E-state index contributed by atoms with van der Waals surface area (Å²) in [6.45, 7) is 3.85. The first-order valence-electron chi connectivity index (χ1n) is 6.11. The van der Waals surface area contributed by atoms with Gasteiger partial charge in [0.1, 0.15) is 0 Å². The Labute approximate surface area is 111 Å². The molecule has 0 saturated carbocycles. The number of ether oxygens (including phenoxy) is 1. The van der Waals surface area contributed by atoms with Gasteiger partial charge in [0.15, 0.2) is 0 Å². The van der Waals surface area contributed by atoms with Crippen molar-refractivity contribution in [3.63, 3.8) is 0 Å². The summed E-state index contributed by atoms with van der Waals surface area (Å²) in [4.78, 5) is 35.8. The van der Waals surface area contributed by atoms with E-state index < -0.39 is 23.3 Å². The van der Waals surface area contributed by atoms with E-state index in [0.717, 1.165) is 6.42 Å². The third-order valence-electron chi connectivity index (χ3n) is 3.19. The monoisotopic (exact) mass is 272 g/mol. The molecule has 0 bridgehead atoms. The zero-order valence-corrected chi connectivity index (χ0v) is 11.4. The lowest BCUT2D eigenvalue weighted by molar-refractivity contribution is -0.149. The first-order chi connectivity index (χ1) is 8.76. The lowest BCUT2D eigenvalue weighted by Gasteiger charge is -2.20. The lowest BCUT2D eigenvalue weighted by Crippen LogP contribution is -2.44. The summed E-state index contributed by atoms with van der Waals surface area (Å²) < 4.78 is 5.12. The summed E-state index contributed by atoms with van der Waals surface area (Å²) >= 11 is 0. The molecule has 1 unspecified atom stereocenters. The van der Waals surface area contributed by atoms with Gasteiger partial charge in [0, 0.05) is 26.6 Å². The molecule has 0 aliphatic carbocycles. The van der Waals surface area contributed by atoms with E-state index >= 15 is 0 Å². The molecular formula is C12H20N2O5. The van der Waals surface area contributed by atoms with Gasteiger partial charge in [-0.25, -0.2) is 4.79 Å². The van der Waals surface area contributed by atoms with Gasteiger partial charge in [-0.1, -0.05) is 0 Å². The number of rotatable bonds is 4. The molecule has 3 amide bonds. The zero-order valence-electron chi connectivity index (χ0n) is 11.4. The highest BCUT2D eigenvalue weighted by Gasteiger charge is 2.32. The fourth-order valence-electron chi connectivity index (χ4n) is 1.82. The van der Waals surface area contributed by atoms with Crippen molar-refractivity contribution in [3.05, 3.63) is 0 Å². The number of nitrogens with one attached hydrogen (secondary N) is 1. The maximum absolute atomic E-state index is 11.8. The largest absolute Gasteiger partial charge is 0.481 e. The van der Waals surface area contributed by atoms with E-state index in [9.17, 15) is 14.4 Å². The minimum absolute atomic E-state index is 0.00341. The third-order valence-corrected chi connectivity index (χ3v) is 3.19. The number of nitrogens with zero attached hydrogens (tertiary/aromatic N) is 1. The van der Waals surface area contributed by atoms with Crippen molar-refractivity contribution in [2.24, 2.45) is 5.41 Å². The highest BCUT2D eigenvalue weighted by Crippen LogP contribution is 2.20. The van der Waals surface area contributed by atoms with E-state index in [1.165, 1.54) is 18.7 Å². The Bertz CT molecular complexity index is 380. The van der Waals surface area contributed by atoms with Crippen LogP contribution >= 0.6 is 0 Å².